The fourth-order valence-electron chi connectivity index (χ4n) is 1.67. The molecule has 2 rings (SSSR count). The number of nitrogens with one attached hydrogen (secondary N) is 2. The normalized spacial score (nSPS) is 24.8. The van der Waals surface area contributed by atoms with Gasteiger partial charge in [0, 0.05) is 12.7 Å². The second-order valence-electron chi connectivity index (χ2n) is 3.99. The van der Waals surface area contributed by atoms with Crippen molar-refractivity contribution in [1.29, 1.82) is 5.26 Å². The number of rotatable bonds is 2. The number of hydrogen-bond donors (Lipinski definition) is 2. The lowest BCUT2D eigenvalue weighted by Gasteiger charge is -2.24. The van der Waals surface area contributed by atoms with E-state index in [1.54, 1.807) is 12.3 Å². The zero-order valence-electron chi connectivity index (χ0n) is 8.62. The highest BCUT2D eigenvalue weighted by Gasteiger charge is 2.28. The van der Waals surface area contributed by atoms with Crippen LogP contribution in [0.25, 0.3) is 0 Å². The molecule has 5 heteroatoms. The van der Waals surface area contributed by atoms with Gasteiger partial charge in [-0.05, 0) is 26.0 Å². The third kappa shape index (κ3) is 2.22. The minimum absolute atomic E-state index is 0.00587. The van der Waals surface area contributed by atoms with Gasteiger partial charge in [0.2, 0.25) is 5.95 Å². The summed E-state index contributed by atoms with van der Waals surface area (Å²) in [7, 11) is 0. The quantitative estimate of drug-likeness (QED) is 0.732. The summed E-state index contributed by atoms with van der Waals surface area (Å²) >= 11 is 0. The van der Waals surface area contributed by atoms with E-state index in [4.69, 9.17) is 5.26 Å². The summed E-state index contributed by atoms with van der Waals surface area (Å²) in [6.45, 7) is 4.02. The van der Waals surface area contributed by atoms with Crippen LogP contribution >= 0.6 is 0 Å². The molecule has 0 saturated carbocycles. The van der Waals surface area contributed by atoms with E-state index in [1.807, 2.05) is 6.07 Å². The Balaban J connectivity index is 2.13. The Morgan fingerprint density at radius 1 is 1.67 bits per heavy atom. The standard InChI is InChI=1S/C10H13N5/c1-10(3-5-12-7-10)15-9-13-4-2-8(6-11)14-9/h2,4,12H,3,5,7H2,1H3,(H,13,14,15). The lowest BCUT2D eigenvalue weighted by Crippen LogP contribution is -2.37. The van der Waals surface area contributed by atoms with Gasteiger partial charge in [-0.1, -0.05) is 0 Å². The predicted octanol–water partition coefficient (Wildman–Crippen LogP) is 0.512. The summed E-state index contributed by atoms with van der Waals surface area (Å²) < 4.78 is 0. The molecule has 1 aliphatic rings. The average molecular weight is 203 g/mol. The number of aromatic nitrogens is 2. The van der Waals surface area contributed by atoms with E-state index in [1.165, 1.54) is 0 Å². The van der Waals surface area contributed by atoms with Crippen molar-refractivity contribution >= 4 is 5.95 Å². The zero-order valence-corrected chi connectivity index (χ0v) is 8.62. The maximum absolute atomic E-state index is 8.71. The first-order valence-corrected chi connectivity index (χ1v) is 4.94. The molecular weight excluding hydrogens is 190 g/mol. The molecule has 2 heterocycles. The Kier molecular flexibility index (Phi) is 2.52. The van der Waals surface area contributed by atoms with Crippen LogP contribution in [0.4, 0.5) is 5.95 Å². The van der Waals surface area contributed by atoms with Gasteiger partial charge in [0.15, 0.2) is 0 Å². The van der Waals surface area contributed by atoms with Crippen molar-refractivity contribution in [3.8, 4) is 6.07 Å². The number of anilines is 1. The molecule has 0 bridgehead atoms. The van der Waals surface area contributed by atoms with Gasteiger partial charge >= 0.3 is 0 Å². The molecule has 0 radical (unpaired) electrons. The second-order valence-corrected chi connectivity index (χ2v) is 3.99. The Labute approximate surface area is 88.5 Å². The zero-order chi connectivity index (χ0) is 10.7. The molecule has 5 nitrogen and oxygen atoms in total. The summed E-state index contributed by atoms with van der Waals surface area (Å²) in [5, 5.41) is 15.2. The fourth-order valence-corrected chi connectivity index (χ4v) is 1.67. The maximum atomic E-state index is 8.71. The van der Waals surface area contributed by atoms with Crippen LogP contribution in [0.3, 0.4) is 0 Å². The van der Waals surface area contributed by atoms with Crippen LogP contribution in [0.5, 0.6) is 0 Å². The molecule has 78 valence electrons. The first kappa shape index (κ1) is 9.87. The van der Waals surface area contributed by atoms with Crippen molar-refractivity contribution in [2.24, 2.45) is 0 Å². The predicted molar refractivity (Wildman–Crippen MR) is 56.3 cm³/mol. The molecule has 1 aliphatic heterocycles. The van der Waals surface area contributed by atoms with Gasteiger partial charge < -0.3 is 10.6 Å². The summed E-state index contributed by atoms with van der Waals surface area (Å²) in [5.41, 5.74) is 0.385. The summed E-state index contributed by atoms with van der Waals surface area (Å²) in [5.74, 6) is 0.528. The van der Waals surface area contributed by atoms with E-state index in [9.17, 15) is 0 Å². The molecule has 0 spiro atoms. The van der Waals surface area contributed by atoms with Gasteiger partial charge in [-0.2, -0.15) is 5.26 Å². The van der Waals surface area contributed by atoms with Crippen LogP contribution in [-0.4, -0.2) is 28.6 Å². The first-order valence-electron chi connectivity index (χ1n) is 4.94. The second kappa shape index (κ2) is 3.83. The van der Waals surface area contributed by atoms with Crippen LogP contribution in [0.2, 0.25) is 0 Å². The highest BCUT2D eigenvalue weighted by molar-refractivity contribution is 5.33. The van der Waals surface area contributed by atoms with Crippen LogP contribution in [0.15, 0.2) is 12.3 Å². The van der Waals surface area contributed by atoms with Crippen molar-refractivity contribution in [1.82, 2.24) is 15.3 Å². The molecule has 1 unspecified atom stereocenters. The van der Waals surface area contributed by atoms with Crippen LogP contribution in [0.1, 0.15) is 19.0 Å². The number of nitriles is 1. The SMILES string of the molecule is CC1(Nc2nccc(C#N)n2)CCNC1. The summed E-state index contributed by atoms with van der Waals surface area (Å²) in [6.07, 6.45) is 2.63. The molecular formula is C10H13N5. The molecule has 1 aromatic rings. The van der Waals surface area contributed by atoms with Gasteiger partial charge in [0.05, 0.1) is 5.54 Å². The molecule has 1 atom stereocenters. The molecule has 0 aliphatic carbocycles. The van der Waals surface area contributed by atoms with E-state index in [0.29, 0.717) is 11.6 Å². The van der Waals surface area contributed by atoms with Crippen LogP contribution < -0.4 is 10.6 Å². The number of hydrogen-bond acceptors (Lipinski definition) is 5. The van der Waals surface area contributed by atoms with Crippen molar-refractivity contribution in [3.05, 3.63) is 18.0 Å². The van der Waals surface area contributed by atoms with Crippen molar-refractivity contribution in [3.63, 3.8) is 0 Å². The lowest BCUT2D eigenvalue weighted by molar-refractivity contribution is 0.561. The van der Waals surface area contributed by atoms with Gasteiger partial charge in [-0.25, -0.2) is 9.97 Å². The third-order valence-electron chi connectivity index (χ3n) is 2.55. The van der Waals surface area contributed by atoms with Crippen LogP contribution in [-0.2, 0) is 0 Å². The Hall–Kier alpha value is -1.67. The van der Waals surface area contributed by atoms with E-state index in [-0.39, 0.29) is 5.54 Å². The van der Waals surface area contributed by atoms with Crippen LogP contribution in [0, 0.1) is 11.3 Å². The monoisotopic (exact) mass is 203 g/mol. The molecule has 0 aromatic carbocycles. The topological polar surface area (TPSA) is 73.6 Å². The van der Waals surface area contributed by atoms with E-state index >= 15 is 0 Å². The lowest BCUT2D eigenvalue weighted by atomic mass is 10.0. The molecule has 1 saturated heterocycles. The van der Waals surface area contributed by atoms with E-state index < -0.39 is 0 Å². The first-order chi connectivity index (χ1) is 7.22. The number of nitrogens with zero attached hydrogens (tertiary/aromatic N) is 3. The van der Waals surface area contributed by atoms with E-state index in [0.717, 1.165) is 19.5 Å². The molecule has 0 amide bonds. The van der Waals surface area contributed by atoms with E-state index in [2.05, 4.69) is 27.5 Å². The minimum Gasteiger partial charge on any atom is -0.348 e. The highest BCUT2D eigenvalue weighted by Crippen LogP contribution is 2.18. The maximum Gasteiger partial charge on any atom is 0.224 e. The van der Waals surface area contributed by atoms with Crippen molar-refractivity contribution in [2.75, 3.05) is 18.4 Å². The summed E-state index contributed by atoms with van der Waals surface area (Å²) in [4.78, 5) is 8.18. The molecule has 1 aromatic heterocycles. The summed E-state index contributed by atoms with van der Waals surface area (Å²) in [6, 6.07) is 3.60. The molecule has 15 heavy (non-hydrogen) atoms. The fraction of sp³-hybridized carbons (Fsp3) is 0.500. The minimum atomic E-state index is -0.00587. The van der Waals surface area contributed by atoms with Crippen molar-refractivity contribution in [2.45, 2.75) is 18.9 Å². The largest absolute Gasteiger partial charge is 0.348 e. The third-order valence-corrected chi connectivity index (χ3v) is 2.55. The van der Waals surface area contributed by atoms with Gasteiger partial charge in [0.25, 0.3) is 0 Å². The molecule has 2 N–H and O–H groups in total. The van der Waals surface area contributed by atoms with Crippen molar-refractivity contribution < 1.29 is 0 Å². The Morgan fingerprint density at radius 3 is 3.20 bits per heavy atom. The molecule has 1 fully saturated rings. The van der Waals surface area contributed by atoms with Gasteiger partial charge in [0.1, 0.15) is 11.8 Å². The highest BCUT2D eigenvalue weighted by atomic mass is 15.2. The average Bonchev–Trinajstić information content (AvgIpc) is 2.65. The Bertz CT molecular complexity index is 389. The van der Waals surface area contributed by atoms with Gasteiger partial charge in [-0.15, -0.1) is 0 Å². The van der Waals surface area contributed by atoms with Gasteiger partial charge in [-0.3, -0.25) is 0 Å². The Morgan fingerprint density at radius 2 is 2.53 bits per heavy atom. The smallest absolute Gasteiger partial charge is 0.224 e.